The minimum Gasteiger partial charge on any atom is -0.444 e. The van der Waals surface area contributed by atoms with Gasteiger partial charge in [-0.25, -0.2) is 9.18 Å². The fourth-order valence-corrected chi connectivity index (χ4v) is 3.09. The van der Waals surface area contributed by atoms with Gasteiger partial charge in [0.25, 0.3) is 5.91 Å². The molecular weight excluding hydrogens is 377 g/mol. The number of hydrogen-bond donors (Lipinski definition) is 2. The van der Waals surface area contributed by atoms with E-state index in [9.17, 15) is 18.8 Å². The monoisotopic (exact) mass is 407 g/mol. The summed E-state index contributed by atoms with van der Waals surface area (Å²) in [5.74, 6) is -0.927. The summed E-state index contributed by atoms with van der Waals surface area (Å²) in [7, 11) is 0. The lowest BCUT2D eigenvalue weighted by Crippen LogP contribution is -2.46. The molecule has 3 amide bonds. The Balaban J connectivity index is 1.65. The Morgan fingerprint density at radius 3 is 2.45 bits per heavy atom. The molecule has 0 saturated carbocycles. The Hall–Kier alpha value is -2.64. The van der Waals surface area contributed by atoms with Crippen molar-refractivity contribution in [2.75, 3.05) is 19.6 Å². The fraction of sp³-hybridized carbons (Fsp3) is 0.571. The molecule has 0 aliphatic carbocycles. The molecule has 160 valence electrons. The number of benzene rings is 1. The van der Waals surface area contributed by atoms with E-state index in [4.69, 9.17) is 4.74 Å². The molecule has 0 spiro atoms. The van der Waals surface area contributed by atoms with Crippen molar-refractivity contribution in [2.24, 2.45) is 0 Å². The second-order valence-corrected chi connectivity index (χ2v) is 8.15. The van der Waals surface area contributed by atoms with Crippen molar-refractivity contribution >= 4 is 17.9 Å². The first kappa shape index (κ1) is 22.6. The second kappa shape index (κ2) is 10.2. The van der Waals surface area contributed by atoms with E-state index < -0.39 is 17.5 Å². The molecule has 1 heterocycles. The van der Waals surface area contributed by atoms with Crippen LogP contribution in [0.2, 0.25) is 0 Å². The summed E-state index contributed by atoms with van der Waals surface area (Å²) >= 11 is 0. The van der Waals surface area contributed by atoms with E-state index in [2.05, 4.69) is 10.6 Å². The molecule has 1 aliphatic heterocycles. The van der Waals surface area contributed by atoms with E-state index in [0.717, 1.165) is 0 Å². The summed E-state index contributed by atoms with van der Waals surface area (Å²) in [6.07, 6.45) is 1.56. The lowest BCUT2D eigenvalue weighted by molar-refractivity contribution is -0.122. The van der Waals surface area contributed by atoms with Crippen LogP contribution >= 0.6 is 0 Å². The van der Waals surface area contributed by atoms with Gasteiger partial charge in [-0.1, -0.05) is 12.1 Å². The Labute approximate surface area is 171 Å². The number of nitrogens with one attached hydrogen (secondary N) is 2. The zero-order chi connectivity index (χ0) is 21.4. The first-order valence-corrected chi connectivity index (χ1v) is 9.96. The number of rotatable bonds is 6. The van der Waals surface area contributed by atoms with Crippen LogP contribution in [0.3, 0.4) is 0 Å². The van der Waals surface area contributed by atoms with Gasteiger partial charge in [0.15, 0.2) is 0 Å². The number of likely N-dealkylation sites (tertiary alicyclic amines) is 1. The first-order chi connectivity index (χ1) is 13.7. The summed E-state index contributed by atoms with van der Waals surface area (Å²) in [6, 6.07) is 5.94. The third kappa shape index (κ3) is 7.71. The largest absolute Gasteiger partial charge is 0.444 e. The SMILES string of the molecule is CC(C)(C)OC(=O)NCCCC(=O)NC1CCN(C(=O)c2ccccc2F)CC1. The molecule has 1 aromatic rings. The Kier molecular flexibility index (Phi) is 7.99. The molecule has 0 atom stereocenters. The molecule has 0 unspecified atom stereocenters. The van der Waals surface area contributed by atoms with Crippen LogP contribution in [0.15, 0.2) is 24.3 Å². The average molecular weight is 407 g/mol. The van der Waals surface area contributed by atoms with Gasteiger partial charge in [0, 0.05) is 32.1 Å². The van der Waals surface area contributed by atoms with E-state index in [1.165, 1.54) is 12.1 Å². The highest BCUT2D eigenvalue weighted by molar-refractivity contribution is 5.94. The maximum Gasteiger partial charge on any atom is 0.407 e. The first-order valence-electron chi connectivity index (χ1n) is 9.96. The maximum atomic E-state index is 13.8. The van der Waals surface area contributed by atoms with Crippen molar-refractivity contribution in [3.05, 3.63) is 35.6 Å². The molecule has 7 nitrogen and oxygen atoms in total. The number of carbonyl (C=O) groups is 3. The molecule has 0 radical (unpaired) electrons. The topological polar surface area (TPSA) is 87.7 Å². The second-order valence-electron chi connectivity index (χ2n) is 8.15. The molecule has 2 N–H and O–H groups in total. The van der Waals surface area contributed by atoms with Crippen LogP contribution in [0.25, 0.3) is 0 Å². The number of amides is 3. The number of carbonyl (C=O) groups excluding carboxylic acids is 3. The number of nitrogens with zero attached hydrogens (tertiary/aromatic N) is 1. The molecule has 2 rings (SSSR count). The number of piperidine rings is 1. The zero-order valence-electron chi connectivity index (χ0n) is 17.3. The van der Waals surface area contributed by atoms with Crippen LogP contribution in [-0.2, 0) is 9.53 Å². The van der Waals surface area contributed by atoms with Gasteiger partial charge in [-0.05, 0) is 52.2 Å². The molecule has 8 heteroatoms. The third-order valence-electron chi connectivity index (χ3n) is 4.50. The standard InChI is InChI=1S/C21H30FN3O4/c1-21(2,3)29-20(28)23-12-6-9-18(26)24-15-10-13-25(14-11-15)19(27)16-7-4-5-8-17(16)22/h4-5,7-8,15H,6,9-14H2,1-3H3,(H,23,28)(H,24,26). The smallest absolute Gasteiger partial charge is 0.407 e. The van der Waals surface area contributed by atoms with Crippen LogP contribution in [-0.4, -0.2) is 54.1 Å². The van der Waals surface area contributed by atoms with Crippen LogP contribution in [0.1, 0.15) is 56.8 Å². The highest BCUT2D eigenvalue weighted by Gasteiger charge is 2.25. The zero-order valence-corrected chi connectivity index (χ0v) is 17.3. The van der Waals surface area contributed by atoms with Gasteiger partial charge in [-0.15, -0.1) is 0 Å². The van der Waals surface area contributed by atoms with Crippen molar-refractivity contribution in [3.8, 4) is 0 Å². The summed E-state index contributed by atoms with van der Waals surface area (Å²) in [5, 5.41) is 5.58. The Bertz CT molecular complexity index is 725. The van der Waals surface area contributed by atoms with Gasteiger partial charge in [0.2, 0.25) is 5.91 Å². The molecule has 1 saturated heterocycles. The van der Waals surface area contributed by atoms with Crippen LogP contribution < -0.4 is 10.6 Å². The van der Waals surface area contributed by atoms with E-state index in [1.54, 1.807) is 37.8 Å². The maximum absolute atomic E-state index is 13.8. The fourth-order valence-electron chi connectivity index (χ4n) is 3.09. The summed E-state index contributed by atoms with van der Waals surface area (Å²) in [4.78, 5) is 37.7. The summed E-state index contributed by atoms with van der Waals surface area (Å²) in [5.41, 5.74) is -0.475. The molecule has 0 bridgehead atoms. The van der Waals surface area contributed by atoms with Crippen LogP contribution in [0, 0.1) is 5.82 Å². The predicted octanol–water partition coefficient (Wildman–Crippen LogP) is 2.85. The molecule has 1 fully saturated rings. The Morgan fingerprint density at radius 1 is 1.17 bits per heavy atom. The van der Waals surface area contributed by atoms with E-state index in [0.29, 0.717) is 45.3 Å². The minimum atomic E-state index is -0.552. The molecular formula is C21H30FN3O4. The third-order valence-corrected chi connectivity index (χ3v) is 4.50. The highest BCUT2D eigenvalue weighted by atomic mass is 19.1. The van der Waals surface area contributed by atoms with Crippen LogP contribution in [0.5, 0.6) is 0 Å². The molecule has 29 heavy (non-hydrogen) atoms. The van der Waals surface area contributed by atoms with Crippen molar-refractivity contribution in [2.45, 2.75) is 58.1 Å². The summed E-state index contributed by atoms with van der Waals surface area (Å²) in [6.45, 7) is 6.66. The number of alkyl carbamates (subject to hydrolysis) is 1. The van der Waals surface area contributed by atoms with Crippen molar-refractivity contribution in [3.63, 3.8) is 0 Å². The van der Waals surface area contributed by atoms with Gasteiger partial charge in [0.05, 0.1) is 5.56 Å². The highest BCUT2D eigenvalue weighted by Crippen LogP contribution is 2.16. The number of halogens is 1. The van der Waals surface area contributed by atoms with Crippen molar-refractivity contribution in [1.29, 1.82) is 0 Å². The van der Waals surface area contributed by atoms with Gasteiger partial charge in [-0.3, -0.25) is 9.59 Å². The average Bonchev–Trinajstić information content (AvgIpc) is 2.64. The summed E-state index contributed by atoms with van der Waals surface area (Å²) < 4.78 is 18.9. The van der Waals surface area contributed by atoms with E-state index >= 15 is 0 Å². The quantitative estimate of drug-likeness (QED) is 0.710. The number of hydrogen-bond acceptors (Lipinski definition) is 4. The Morgan fingerprint density at radius 2 is 1.83 bits per heavy atom. The van der Waals surface area contributed by atoms with Crippen molar-refractivity contribution in [1.82, 2.24) is 15.5 Å². The van der Waals surface area contributed by atoms with Crippen molar-refractivity contribution < 1.29 is 23.5 Å². The van der Waals surface area contributed by atoms with Gasteiger partial charge < -0.3 is 20.3 Å². The minimum absolute atomic E-state index is 0.00835. The van der Waals surface area contributed by atoms with Gasteiger partial charge in [-0.2, -0.15) is 0 Å². The lowest BCUT2D eigenvalue weighted by atomic mass is 10.0. The lowest BCUT2D eigenvalue weighted by Gasteiger charge is -2.32. The number of ether oxygens (including phenoxy) is 1. The van der Waals surface area contributed by atoms with E-state index in [-0.39, 0.29) is 23.4 Å². The van der Waals surface area contributed by atoms with E-state index in [1.807, 2.05) is 0 Å². The molecule has 0 aromatic heterocycles. The molecule has 1 aromatic carbocycles. The van der Waals surface area contributed by atoms with Crippen LogP contribution in [0.4, 0.5) is 9.18 Å². The van der Waals surface area contributed by atoms with Gasteiger partial charge in [0.1, 0.15) is 11.4 Å². The molecule has 1 aliphatic rings. The predicted molar refractivity (Wildman–Crippen MR) is 107 cm³/mol. The van der Waals surface area contributed by atoms with Gasteiger partial charge >= 0.3 is 6.09 Å². The normalized spacial score (nSPS) is 15.0.